The number of carbonyl (C=O) groups excluding carboxylic acids is 2. The number of hydrogen-bond acceptors (Lipinski definition) is 6. The van der Waals surface area contributed by atoms with Crippen molar-refractivity contribution in [2.45, 2.75) is 53.2 Å². The van der Waals surface area contributed by atoms with E-state index in [0.717, 1.165) is 0 Å². The molecule has 0 saturated carbocycles. The Morgan fingerprint density at radius 3 is 2.58 bits per heavy atom. The molecule has 1 aromatic rings. The zero-order chi connectivity index (χ0) is 18.3. The summed E-state index contributed by atoms with van der Waals surface area (Å²) in [6.45, 7) is 11.1. The predicted octanol–water partition coefficient (Wildman–Crippen LogP) is 2.86. The van der Waals surface area contributed by atoms with E-state index in [1.54, 1.807) is 47.6 Å². The van der Waals surface area contributed by atoms with Crippen LogP contribution in [0.3, 0.4) is 0 Å². The number of pyridine rings is 1. The number of aryl methyl sites for hydroxylation is 1. The lowest BCUT2D eigenvalue weighted by molar-refractivity contribution is 0.0492. The standard InChI is InChI=1S/C17H26N2O5/c1-7-22-15(20)14-8-13(9-18-12(14)3)23-10-11(2)19-16(21)24-17(4,5)6/h8-9,11H,7,10H2,1-6H3,(H,19,21)/t11-/m0/s1. The highest BCUT2D eigenvalue weighted by Crippen LogP contribution is 2.16. The van der Waals surface area contributed by atoms with Crippen molar-refractivity contribution in [2.75, 3.05) is 13.2 Å². The molecule has 0 aliphatic rings. The van der Waals surface area contributed by atoms with Crippen molar-refractivity contribution in [3.8, 4) is 5.75 Å². The molecule has 1 aromatic heterocycles. The minimum Gasteiger partial charge on any atom is -0.490 e. The first-order valence-corrected chi connectivity index (χ1v) is 7.88. The molecule has 0 saturated heterocycles. The van der Waals surface area contributed by atoms with E-state index in [-0.39, 0.29) is 12.6 Å². The molecule has 0 fully saturated rings. The lowest BCUT2D eigenvalue weighted by atomic mass is 10.2. The highest BCUT2D eigenvalue weighted by atomic mass is 16.6. The molecule has 0 unspecified atom stereocenters. The van der Waals surface area contributed by atoms with Crippen molar-refractivity contribution in [3.63, 3.8) is 0 Å². The first-order valence-electron chi connectivity index (χ1n) is 7.88. The summed E-state index contributed by atoms with van der Waals surface area (Å²) in [4.78, 5) is 27.7. The van der Waals surface area contributed by atoms with E-state index in [0.29, 0.717) is 23.6 Å². The van der Waals surface area contributed by atoms with Crippen LogP contribution in [0, 0.1) is 6.92 Å². The highest BCUT2D eigenvalue weighted by Gasteiger charge is 2.18. The van der Waals surface area contributed by atoms with Gasteiger partial charge in [-0.05, 0) is 47.6 Å². The van der Waals surface area contributed by atoms with Crippen LogP contribution in [0.25, 0.3) is 0 Å². The largest absolute Gasteiger partial charge is 0.490 e. The first-order chi connectivity index (χ1) is 11.1. The van der Waals surface area contributed by atoms with Crippen molar-refractivity contribution in [1.29, 1.82) is 0 Å². The minimum absolute atomic E-state index is 0.215. The molecule has 0 aromatic carbocycles. The van der Waals surface area contributed by atoms with Crippen molar-refractivity contribution >= 4 is 12.1 Å². The van der Waals surface area contributed by atoms with Crippen LogP contribution in [0.5, 0.6) is 5.75 Å². The van der Waals surface area contributed by atoms with Gasteiger partial charge in [0.2, 0.25) is 0 Å². The van der Waals surface area contributed by atoms with Crippen molar-refractivity contribution in [3.05, 3.63) is 23.5 Å². The van der Waals surface area contributed by atoms with Crippen LogP contribution in [0.15, 0.2) is 12.3 Å². The Kier molecular flexibility index (Phi) is 7.00. The SMILES string of the molecule is CCOC(=O)c1cc(OC[C@H](C)NC(=O)OC(C)(C)C)cnc1C. The van der Waals surface area contributed by atoms with Gasteiger partial charge in [-0.3, -0.25) is 4.98 Å². The maximum absolute atomic E-state index is 11.8. The van der Waals surface area contributed by atoms with E-state index in [1.807, 2.05) is 0 Å². The van der Waals surface area contributed by atoms with Crippen molar-refractivity contribution < 1.29 is 23.8 Å². The Bertz CT molecular complexity index is 581. The van der Waals surface area contributed by atoms with Crippen LogP contribution in [-0.4, -0.2) is 41.9 Å². The Morgan fingerprint density at radius 2 is 2.00 bits per heavy atom. The molecule has 24 heavy (non-hydrogen) atoms. The third-order valence-corrected chi connectivity index (χ3v) is 2.82. The average Bonchev–Trinajstić information content (AvgIpc) is 2.44. The number of amides is 1. The summed E-state index contributed by atoms with van der Waals surface area (Å²) in [5, 5.41) is 2.68. The van der Waals surface area contributed by atoms with Gasteiger partial charge in [-0.15, -0.1) is 0 Å². The number of nitrogens with zero attached hydrogens (tertiary/aromatic N) is 1. The molecule has 1 rings (SSSR count). The fourth-order valence-electron chi connectivity index (χ4n) is 1.78. The molecule has 0 aliphatic carbocycles. The lowest BCUT2D eigenvalue weighted by Gasteiger charge is -2.22. The number of alkyl carbamates (subject to hydrolysis) is 1. The zero-order valence-electron chi connectivity index (χ0n) is 15.1. The Balaban J connectivity index is 2.59. The molecule has 0 radical (unpaired) electrons. The Morgan fingerprint density at radius 1 is 1.33 bits per heavy atom. The van der Waals surface area contributed by atoms with Crippen LogP contribution in [0.1, 0.15) is 50.7 Å². The summed E-state index contributed by atoms with van der Waals surface area (Å²) >= 11 is 0. The number of rotatable bonds is 6. The molecule has 1 N–H and O–H groups in total. The van der Waals surface area contributed by atoms with Gasteiger partial charge in [-0.1, -0.05) is 0 Å². The van der Waals surface area contributed by atoms with Gasteiger partial charge in [-0.2, -0.15) is 0 Å². The summed E-state index contributed by atoms with van der Waals surface area (Å²) < 4.78 is 15.7. The van der Waals surface area contributed by atoms with Crippen LogP contribution in [0.2, 0.25) is 0 Å². The number of aromatic nitrogens is 1. The van der Waals surface area contributed by atoms with E-state index in [4.69, 9.17) is 14.2 Å². The van der Waals surface area contributed by atoms with Crippen LogP contribution in [0.4, 0.5) is 4.79 Å². The summed E-state index contributed by atoms with van der Waals surface area (Å²) in [7, 11) is 0. The fraction of sp³-hybridized carbons (Fsp3) is 0.588. The zero-order valence-corrected chi connectivity index (χ0v) is 15.1. The normalized spacial score (nSPS) is 12.2. The highest BCUT2D eigenvalue weighted by molar-refractivity contribution is 5.90. The molecule has 7 heteroatoms. The third kappa shape index (κ3) is 6.85. The van der Waals surface area contributed by atoms with E-state index in [1.165, 1.54) is 6.20 Å². The van der Waals surface area contributed by atoms with Gasteiger partial charge >= 0.3 is 12.1 Å². The molecule has 0 bridgehead atoms. The van der Waals surface area contributed by atoms with Crippen molar-refractivity contribution in [2.24, 2.45) is 0 Å². The summed E-state index contributed by atoms with van der Waals surface area (Å²) in [5.74, 6) is -0.00521. The van der Waals surface area contributed by atoms with Crippen LogP contribution < -0.4 is 10.1 Å². The molecule has 134 valence electrons. The van der Waals surface area contributed by atoms with Gasteiger partial charge in [0.25, 0.3) is 0 Å². The number of carbonyl (C=O) groups is 2. The maximum Gasteiger partial charge on any atom is 0.407 e. The van der Waals surface area contributed by atoms with Gasteiger partial charge in [0.05, 0.1) is 30.1 Å². The number of esters is 1. The second kappa shape index (κ2) is 8.52. The molecular weight excluding hydrogens is 312 g/mol. The quantitative estimate of drug-likeness (QED) is 0.803. The van der Waals surface area contributed by atoms with E-state index < -0.39 is 17.7 Å². The monoisotopic (exact) mass is 338 g/mol. The number of nitrogens with one attached hydrogen (secondary N) is 1. The Labute approximate surface area is 142 Å². The Hall–Kier alpha value is -2.31. The maximum atomic E-state index is 11.8. The second-order valence-electron chi connectivity index (χ2n) is 6.38. The predicted molar refractivity (Wildman–Crippen MR) is 89.3 cm³/mol. The molecule has 1 amide bonds. The average molecular weight is 338 g/mol. The molecule has 0 aliphatic heterocycles. The van der Waals surface area contributed by atoms with Crippen molar-refractivity contribution in [1.82, 2.24) is 10.3 Å². The van der Waals surface area contributed by atoms with Crippen LogP contribution in [-0.2, 0) is 9.47 Å². The van der Waals surface area contributed by atoms with E-state index in [2.05, 4.69) is 10.3 Å². The van der Waals surface area contributed by atoms with Crippen LogP contribution >= 0.6 is 0 Å². The van der Waals surface area contributed by atoms with Gasteiger partial charge in [0, 0.05) is 0 Å². The molecule has 7 nitrogen and oxygen atoms in total. The number of hydrogen-bond donors (Lipinski definition) is 1. The second-order valence-corrected chi connectivity index (χ2v) is 6.38. The fourth-order valence-corrected chi connectivity index (χ4v) is 1.78. The van der Waals surface area contributed by atoms with Gasteiger partial charge in [0.15, 0.2) is 0 Å². The molecule has 1 heterocycles. The molecule has 0 spiro atoms. The summed E-state index contributed by atoms with van der Waals surface area (Å²) in [5.41, 5.74) is 0.378. The summed E-state index contributed by atoms with van der Waals surface area (Å²) in [6.07, 6.45) is 1.02. The van der Waals surface area contributed by atoms with Gasteiger partial charge in [0.1, 0.15) is 18.0 Å². The topological polar surface area (TPSA) is 86.8 Å². The third-order valence-electron chi connectivity index (χ3n) is 2.82. The number of ether oxygens (including phenoxy) is 3. The molecular formula is C17H26N2O5. The summed E-state index contributed by atoms with van der Waals surface area (Å²) in [6, 6.07) is 1.31. The van der Waals surface area contributed by atoms with Gasteiger partial charge in [-0.25, -0.2) is 9.59 Å². The van der Waals surface area contributed by atoms with E-state index >= 15 is 0 Å². The smallest absolute Gasteiger partial charge is 0.407 e. The molecule has 1 atom stereocenters. The first kappa shape index (κ1) is 19.7. The van der Waals surface area contributed by atoms with Gasteiger partial charge < -0.3 is 19.5 Å². The van der Waals surface area contributed by atoms with E-state index in [9.17, 15) is 9.59 Å². The minimum atomic E-state index is -0.555. The lowest BCUT2D eigenvalue weighted by Crippen LogP contribution is -2.40.